The highest BCUT2D eigenvalue weighted by Crippen LogP contribution is 2.36. The summed E-state index contributed by atoms with van der Waals surface area (Å²) in [5.74, 6) is -0.713. The van der Waals surface area contributed by atoms with Crippen LogP contribution in [0.3, 0.4) is 0 Å². The summed E-state index contributed by atoms with van der Waals surface area (Å²) in [7, 11) is 0. The van der Waals surface area contributed by atoms with Gasteiger partial charge >= 0.3 is 6.09 Å². The summed E-state index contributed by atoms with van der Waals surface area (Å²) >= 11 is 6.48. The van der Waals surface area contributed by atoms with Gasteiger partial charge in [0.2, 0.25) is 5.91 Å². The lowest BCUT2D eigenvalue weighted by Gasteiger charge is -2.43. The Kier molecular flexibility index (Phi) is 10.0. The number of ether oxygens (including phenoxy) is 1. The number of para-hydroxylation sites is 1. The molecule has 2 atom stereocenters. The zero-order valence-corrected chi connectivity index (χ0v) is 26.1. The highest BCUT2D eigenvalue weighted by atomic mass is 35.5. The van der Waals surface area contributed by atoms with Gasteiger partial charge < -0.3 is 25.4 Å². The van der Waals surface area contributed by atoms with Gasteiger partial charge in [0.15, 0.2) is 0 Å². The minimum Gasteiger partial charge on any atom is -0.508 e. The van der Waals surface area contributed by atoms with E-state index < -0.39 is 35.6 Å². The molecule has 0 radical (unpaired) electrons. The summed E-state index contributed by atoms with van der Waals surface area (Å²) in [4.78, 5) is 43.4. The van der Waals surface area contributed by atoms with Crippen molar-refractivity contribution in [1.82, 2.24) is 10.2 Å². The molecule has 3 amide bonds. The lowest BCUT2D eigenvalue weighted by molar-refractivity contribution is -0.145. The van der Waals surface area contributed by atoms with Gasteiger partial charge in [-0.3, -0.25) is 9.59 Å². The Morgan fingerprint density at radius 1 is 1.00 bits per heavy atom. The number of aromatic hydroxyl groups is 1. The van der Waals surface area contributed by atoms with Crippen LogP contribution in [-0.2, 0) is 20.7 Å². The highest BCUT2D eigenvalue weighted by Gasteiger charge is 2.42. The molecule has 1 aliphatic rings. The summed E-state index contributed by atoms with van der Waals surface area (Å²) in [6, 6.07) is 17.1. The molecule has 3 aromatic rings. The molecule has 8 nitrogen and oxygen atoms in total. The zero-order valence-electron chi connectivity index (χ0n) is 25.3. The summed E-state index contributed by atoms with van der Waals surface area (Å²) in [6.07, 6.45) is 1.77. The molecule has 1 aliphatic carbocycles. The van der Waals surface area contributed by atoms with E-state index in [4.69, 9.17) is 16.3 Å². The number of nitrogens with zero attached hydrogens (tertiary/aromatic N) is 1. The molecule has 0 bridgehead atoms. The van der Waals surface area contributed by atoms with Gasteiger partial charge in [-0.15, -0.1) is 0 Å². The Bertz CT molecular complexity index is 1430. The Morgan fingerprint density at radius 3 is 2.21 bits per heavy atom. The fourth-order valence-electron chi connectivity index (χ4n) is 5.05. The normalized spacial score (nSPS) is 14.7. The number of phenolic OH excluding ortho intramolecular Hbond substituents is 1. The van der Waals surface area contributed by atoms with E-state index in [1.54, 1.807) is 43.9 Å². The quantitative estimate of drug-likeness (QED) is 0.247. The summed E-state index contributed by atoms with van der Waals surface area (Å²) in [6.45, 7) is 9.06. The number of hydrogen-bond acceptors (Lipinski definition) is 5. The molecule has 0 saturated heterocycles. The molecule has 228 valence electrons. The number of anilines is 1. The first-order valence-corrected chi connectivity index (χ1v) is 14.9. The van der Waals surface area contributed by atoms with Crippen LogP contribution in [0, 0.1) is 13.8 Å². The van der Waals surface area contributed by atoms with E-state index >= 15 is 0 Å². The fraction of sp³-hybridized carbons (Fsp3) is 0.382. The molecule has 9 heteroatoms. The molecule has 3 aromatic carbocycles. The Hall–Kier alpha value is -4.04. The highest BCUT2D eigenvalue weighted by molar-refractivity contribution is 6.34. The van der Waals surface area contributed by atoms with Gasteiger partial charge in [0.25, 0.3) is 5.91 Å². The molecule has 4 rings (SSSR count). The summed E-state index contributed by atoms with van der Waals surface area (Å²) in [5, 5.41) is 16.0. The van der Waals surface area contributed by atoms with Gasteiger partial charge in [-0.25, -0.2) is 4.79 Å². The third kappa shape index (κ3) is 8.29. The van der Waals surface area contributed by atoms with Gasteiger partial charge in [0.05, 0.1) is 10.7 Å². The predicted octanol–water partition coefficient (Wildman–Crippen LogP) is 6.86. The van der Waals surface area contributed by atoms with E-state index in [1.807, 2.05) is 50.2 Å². The van der Waals surface area contributed by atoms with Crippen LogP contribution in [0.4, 0.5) is 10.5 Å². The number of nitrogens with one attached hydrogen (secondary N) is 2. The molecule has 43 heavy (non-hydrogen) atoms. The number of rotatable bonds is 9. The minimum absolute atomic E-state index is 0.0915. The van der Waals surface area contributed by atoms with Crippen molar-refractivity contribution in [2.75, 3.05) is 5.32 Å². The second-order valence-corrected chi connectivity index (χ2v) is 12.5. The van der Waals surface area contributed by atoms with E-state index in [0.29, 0.717) is 16.3 Å². The SMILES string of the molecule is Cc1ccc(C(C(=O)Nc2c(C)cccc2Cl)N(C(=O)C(Cc2ccc(O)cc2)NC(=O)OC(C)(C)C)C2CCC2)cc1. The lowest BCUT2D eigenvalue weighted by Crippen LogP contribution is -2.57. The Morgan fingerprint density at radius 2 is 1.65 bits per heavy atom. The van der Waals surface area contributed by atoms with Crippen molar-refractivity contribution < 1.29 is 24.2 Å². The largest absolute Gasteiger partial charge is 0.508 e. The fourth-order valence-corrected chi connectivity index (χ4v) is 5.32. The number of phenols is 1. The maximum Gasteiger partial charge on any atom is 0.408 e. The molecule has 2 unspecified atom stereocenters. The molecular formula is C34H40ClN3O5. The lowest BCUT2D eigenvalue weighted by atomic mass is 9.87. The number of amides is 3. The van der Waals surface area contributed by atoms with Crippen molar-refractivity contribution in [1.29, 1.82) is 0 Å². The zero-order chi connectivity index (χ0) is 31.3. The Balaban J connectivity index is 1.76. The second-order valence-electron chi connectivity index (χ2n) is 12.1. The third-order valence-corrected chi connectivity index (χ3v) is 7.79. The third-order valence-electron chi connectivity index (χ3n) is 7.48. The van der Waals surface area contributed by atoms with Crippen LogP contribution in [-0.4, -0.2) is 45.6 Å². The van der Waals surface area contributed by atoms with Gasteiger partial charge in [-0.05, 0) is 88.8 Å². The van der Waals surface area contributed by atoms with Gasteiger partial charge in [0.1, 0.15) is 23.4 Å². The predicted molar refractivity (Wildman–Crippen MR) is 168 cm³/mol. The maximum atomic E-state index is 14.6. The minimum atomic E-state index is -1.04. The molecule has 1 saturated carbocycles. The number of carbonyl (C=O) groups excluding carboxylic acids is 3. The molecule has 3 N–H and O–H groups in total. The number of alkyl carbamates (subject to hydrolysis) is 1. The first-order chi connectivity index (χ1) is 20.3. The first-order valence-electron chi connectivity index (χ1n) is 14.5. The summed E-state index contributed by atoms with van der Waals surface area (Å²) in [5.41, 5.74) is 2.89. The van der Waals surface area contributed by atoms with Crippen LogP contribution in [0.15, 0.2) is 66.7 Å². The number of halogens is 1. The van der Waals surface area contributed by atoms with Gasteiger partial charge in [0, 0.05) is 12.5 Å². The van der Waals surface area contributed by atoms with Crippen LogP contribution in [0.5, 0.6) is 5.75 Å². The molecule has 0 aromatic heterocycles. The van der Waals surface area contributed by atoms with Crippen LogP contribution in [0.2, 0.25) is 5.02 Å². The van der Waals surface area contributed by atoms with Crippen molar-refractivity contribution in [2.24, 2.45) is 0 Å². The number of carbonyl (C=O) groups is 3. The molecule has 1 fully saturated rings. The number of hydrogen-bond donors (Lipinski definition) is 3. The average Bonchev–Trinajstić information content (AvgIpc) is 2.90. The van der Waals surface area contributed by atoms with E-state index in [-0.39, 0.29) is 18.2 Å². The van der Waals surface area contributed by atoms with Crippen molar-refractivity contribution in [3.05, 3.63) is 94.0 Å². The topological polar surface area (TPSA) is 108 Å². The van der Waals surface area contributed by atoms with E-state index in [2.05, 4.69) is 10.6 Å². The monoisotopic (exact) mass is 605 g/mol. The van der Waals surface area contributed by atoms with Gasteiger partial charge in [-0.1, -0.05) is 65.7 Å². The maximum absolute atomic E-state index is 14.6. The summed E-state index contributed by atoms with van der Waals surface area (Å²) < 4.78 is 5.51. The number of benzene rings is 3. The molecular weight excluding hydrogens is 566 g/mol. The van der Waals surface area contributed by atoms with Crippen molar-refractivity contribution in [3.63, 3.8) is 0 Å². The second kappa shape index (κ2) is 13.5. The first kappa shape index (κ1) is 31.9. The van der Waals surface area contributed by atoms with Crippen molar-refractivity contribution >= 4 is 35.2 Å². The smallest absolute Gasteiger partial charge is 0.408 e. The van der Waals surface area contributed by atoms with Crippen molar-refractivity contribution in [3.8, 4) is 5.75 Å². The van der Waals surface area contributed by atoms with Crippen LogP contribution < -0.4 is 10.6 Å². The Labute approximate surface area is 258 Å². The standard InChI is InChI=1S/C34H40ClN3O5/c1-21-12-16-24(17-13-21)30(31(40)37-29-22(2)8-6-11-27(29)35)38(25-9-7-10-25)32(41)28(36-33(42)43-34(3,4)5)20-23-14-18-26(39)19-15-23/h6,8,11-19,25,28,30,39H,7,9-10,20H2,1-5H3,(H,36,42)(H,37,40). The van der Waals surface area contributed by atoms with Crippen LogP contribution >= 0.6 is 11.6 Å². The number of aryl methyl sites for hydroxylation is 2. The van der Waals surface area contributed by atoms with Crippen molar-refractivity contribution in [2.45, 2.75) is 84.0 Å². The molecule has 0 aliphatic heterocycles. The van der Waals surface area contributed by atoms with Crippen LogP contribution in [0.25, 0.3) is 0 Å². The van der Waals surface area contributed by atoms with E-state index in [9.17, 15) is 19.5 Å². The van der Waals surface area contributed by atoms with E-state index in [0.717, 1.165) is 36.0 Å². The van der Waals surface area contributed by atoms with Gasteiger partial charge in [-0.2, -0.15) is 0 Å². The van der Waals surface area contributed by atoms with E-state index in [1.165, 1.54) is 12.1 Å². The van der Waals surface area contributed by atoms with Crippen LogP contribution in [0.1, 0.15) is 68.3 Å². The average molecular weight is 606 g/mol. The molecule has 0 spiro atoms. The molecule has 0 heterocycles.